The molecular weight excluding hydrogens is 266 g/mol. The zero-order chi connectivity index (χ0) is 13.1. The minimum atomic E-state index is -1.02. The molecule has 0 aromatic heterocycles. The van der Waals surface area contributed by atoms with Crippen molar-refractivity contribution in [3.8, 4) is 0 Å². The molecule has 0 aliphatic carbocycles. The molecule has 3 nitrogen and oxygen atoms in total. The maximum Gasteiger partial charge on any atom is 0.0501 e. The first-order valence-electron chi connectivity index (χ1n) is 6.11. The van der Waals surface area contributed by atoms with Crippen molar-refractivity contribution in [3.63, 3.8) is 0 Å². The van der Waals surface area contributed by atoms with E-state index < -0.39 is 21.6 Å². The SMILES string of the molecule is C[S@](=O)c1ccc(C2CCNCC2)c([S@](C)=O)c1. The lowest BCUT2D eigenvalue weighted by Crippen LogP contribution is -2.27. The fraction of sp³-hybridized carbons (Fsp3) is 0.538. The number of benzene rings is 1. The predicted molar refractivity (Wildman–Crippen MR) is 76.0 cm³/mol. The fourth-order valence-corrected chi connectivity index (χ4v) is 3.89. The van der Waals surface area contributed by atoms with Crippen molar-refractivity contribution in [2.45, 2.75) is 28.6 Å². The zero-order valence-corrected chi connectivity index (χ0v) is 12.4. The molecule has 0 amide bonds. The topological polar surface area (TPSA) is 46.2 Å². The van der Waals surface area contributed by atoms with E-state index in [4.69, 9.17) is 0 Å². The second-order valence-electron chi connectivity index (χ2n) is 4.63. The summed E-state index contributed by atoms with van der Waals surface area (Å²) in [5.74, 6) is 0.476. The van der Waals surface area contributed by atoms with E-state index in [2.05, 4.69) is 5.32 Å². The Hall–Kier alpha value is -0.520. The van der Waals surface area contributed by atoms with Gasteiger partial charge in [-0.15, -0.1) is 0 Å². The maximum atomic E-state index is 11.9. The van der Waals surface area contributed by atoms with Gasteiger partial charge in [0.15, 0.2) is 0 Å². The molecule has 5 heteroatoms. The molecule has 1 fully saturated rings. The second-order valence-corrected chi connectivity index (χ2v) is 7.36. The summed E-state index contributed by atoms with van der Waals surface area (Å²) >= 11 is 0. The predicted octanol–water partition coefficient (Wildman–Crippen LogP) is 1.63. The minimum absolute atomic E-state index is 0.476. The van der Waals surface area contributed by atoms with E-state index in [9.17, 15) is 8.42 Å². The van der Waals surface area contributed by atoms with Crippen LogP contribution in [0.2, 0.25) is 0 Å². The molecule has 2 atom stereocenters. The van der Waals surface area contributed by atoms with Crippen LogP contribution in [0.1, 0.15) is 24.3 Å². The number of hydrogen-bond acceptors (Lipinski definition) is 3. The summed E-state index contributed by atoms with van der Waals surface area (Å²) in [6.45, 7) is 2.03. The van der Waals surface area contributed by atoms with Crippen molar-refractivity contribution in [3.05, 3.63) is 23.8 Å². The highest BCUT2D eigenvalue weighted by Gasteiger charge is 2.20. The number of rotatable bonds is 3. The van der Waals surface area contributed by atoms with Crippen molar-refractivity contribution in [2.24, 2.45) is 0 Å². The molecule has 1 heterocycles. The summed E-state index contributed by atoms with van der Waals surface area (Å²) in [7, 11) is -2.04. The quantitative estimate of drug-likeness (QED) is 0.918. The highest BCUT2D eigenvalue weighted by atomic mass is 32.2. The Morgan fingerprint density at radius 2 is 1.78 bits per heavy atom. The zero-order valence-electron chi connectivity index (χ0n) is 10.8. The summed E-state index contributed by atoms with van der Waals surface area (Å²) in [6.07, 6.45) is 5.52. The standard InChI is InChI=1S/C13H19NO2S2/c1-17(15)11-3-4-12(13(9-11)18(2)16)10-5-7-14-8-6-10/h3-4,9-10,14H,5-8H2,1-2H3/t17-,18-/m0/s1. The molecule has 0 saturated carbocycles. The lowest BCUT2D eigenvalue weighted by Gasteiger charge is -2.24. The van der Waals surface area contributed by atoms with E-state index in [-0.39, 0.29) is 0 Å². The molecule has 1 N–H and O–H groups in total. The molecule has 0 bridgehead atoms. The highest BCUT2D eigenvalue weighted by Crippen LogP contribution is 2.30. The molecule has 0 spiro atoms. The molecule has 1 saturated heterocycles. The van der Waals surface area contributed by atoms with Gasteiger partial charge in [0.25, 0.3) is 0 Å². The average molecular weight is 285 g/mol. The third-order valence-electron chi connectivity index (χ3n) is 3.41. The Bertz CT molecular complexity index is 482. The lowest BCUT2D eigenvalue weighted by molar-refractivity contribution is 0.455. The third kappa shape index (κ3) is 3.08. The summed E-state index contributed by atoms with van der Waals surface area (Å²) in [6, 6.07) is 5.77. The van der Waals surface area contributed by atoms with Crippen LogP contribution in [0.15, 0.2) is 28.0 Å². The molecule has 2 rings (SSSR count). The Balaban J connectivity index is 2.39. The molecule has 1 aromatic carbocycles. The molecule has 1 aromatic rings. The van der Waals surface area contributed by atoms with Crippen LogP contribution in [0.25, 0.3) is 0 Å². The Kier molecular flexibility index (Phi) is 4.70. The van der Waals surface area contributed by atoms with Crippen LogP contribution in [-0.2, 0) is 21.6 Å². The van der Waals surface area contributed by atoms with Gasteiger partial charge in [0.05, 0.1) is 10.8 Å². The van der Waals surface area contributed by atoms with Gasteiger partial charge in [-0.1, -0.05) is 6.07 Å². The highest BCUT2D eigenvalue weighted by molar-refractivity contribution is 7.85. The van der Waals surface area contributed by atoms with E-state index in [1.807, 2.05) is 18.2 Å². The van der Waals surface area contributed by atoms with Gasteiger partial charge in [0, 0.05) is 33.1 Å². The van der Waals surface area contributed by atoms with Crippen LogP contribution in [0.3, 0.4) is 0 Å². The van der Waals surface area contributed by atoms with Gasteiger partial charge >= 0.3 is 0 Å². The van der Waals surface area contributed by atoms with Crippen molar-refractivity contribution in [1.82, 2.24) is 5.32 Å². The summed E-state index contributed by atoms with van der Waals surface area (Å²) in [5, 5.41) is 3.34. The van der Waals surface area contributed by atoms with Crippen LogP contribution in [0.4, 0.5) is 0 Å². The van der Waals surface area contributed by atoms with Crippen molar-refractivity contribution in [2.75, 3.05) is 25.6 Å². The summed E-state index contributed by atoms with van der Waals surface area (Å²) < 4.78 is 23.4. The Morgan fingerprint density at radius 1 is 1.11 bits per heavy atom. The van der Waals surface area contributed by atoms with Crippen LogP contribution in [-0.4, -0.2) is 34.0 Å². The largest absolute Gasteiger partial charge is 0.317 e. The molecule has 0 radical (unpaired) electrons. The first-order valence-corrected chi connectivity index (χ1v) is 9.22. The Labute approximate surface area is 113 Å². The second kappa shape index (κ2) is 6.08. The van der Waals surface area contributed by atoms with E-state index in [0.717, 1.165) is 35.7 Å². The summed E-state index contributed by atoms with van der Waals surface area (Å²) in [4.78, 5) is 1.62. The molecule has 1 aliphatic heterocycles. The van der Waals surface area contributed by atoms with E-state index in [1.54, 1.807) is 12.5 Å². The van der Waals surface area contributed by atoms with Gasteiger partial charge in [-0.2, -0.15) is 0 Å². The minimum Gasteiger partial charge on any atom is -0.317 e. The van der Waals surface area contributed by atoms with Crippen molar-refractivity contribution < 1.29 is 8.42 Å². The van der Waals surface area contributed by atoms with Gasteiger partial charge in [-0.25, -0.2) is 0 Å². The number of nitrogens with one attached hydrogen (secondary N) is 1. The monoisotopic (exact) mass is 285 g/mol. The molecule has 1 aliphatic rings. The lowest BCUT2D eigenvalue weighted by atomic mass is 9.90. The Morgan fingerprint density at radius 3 is 2.33 bits per heavy atom. The van der Waals surface area contributed by atoms with Gasteiger partial charge in [-0.05, 0) is 49.5 Å². The summed E-state index contributed by atoms with van der Waals surface area (Å²) in [5.41, 5.74) is 1.17. The number of hydrogen-bond donors (Lipinski definition) is 1. The van der Waals surface area contributed by atoms with Crippen molar-refractivity contribution in [1.29, 1.82) is 0 Å². The molecule has 18 heavy (non-hydrogen) atoms. The molecule has 100 valence electrons. The average Bonchev–Trinajstić information content (AvgIpc) is 2.39. The number of piperidine rings is 1. The molecule has 0 unspecified atom stereocenters. The van der Waals surface area contributed by atoms with Crippen LogP contribution < -0.4 is 5.32 Å². The van der Waals surface area contributed by atoms with Gasteiger partial charge in [0.2, 0.25) is 0 Å². The molecular formula is C13H19NO2S2. The van der Waals surface area contributed by atoms with E-state index >= 15 is 0 Å². The van der Waals surface area contributed by atoms with Crippen LogP contribution >= 0.6 is 0 Å². The smallest absolute Gasteiger partial charge is 0.0501 e. The van der Waals surface area contributed by atoms with Crippen LogP contribution in [0.5, 0.6) is 0 Å². The first kappa shape index (κ1) is 13.9. The van der Waals surface area contributed by atoms with Gasteiger partial charge in [-0.3, -0.25) is 8.42 Å². The fourth-order valence-electron chi connectivity index (χ4n) is 2.41. The first-order chi connectivity index (χ1) is 8.59. The normalized spacial score (nSPS) is 20.6. The van der Waals surface area contributed by atoms with Crippen LogP contribution in [0, 0.1) is 0 Å². The van der Waals surface area contributed by atoms with E-state index in [1.165, 1.54) is 5.56 Å². The van der Waals surface area contributed by atoms with E-state index in [0.29, 0.717) is 5.92 Å². The van der Waals surface area contributed by atoms with Gasteiger partial charge < -0.3 is 5.32 Å². The van der Waals surface area contributed by atoms with Crippen molar-refractivity contribution >= 4 is 21.6 Å². The van der Waals surface area contributed by atoms with Gasteiger partial charge in [0.1, 0.15) is 0 Å². The third-order valence-corrected chi connectivity index (χ3v) is 5.30. The maximum absolute atomic E-state index is 11.9.